The van der Waals surface area contributed by atoms with Crippen LogP contribution < -0.4 is 29.8 Å². The van der Waals surface area contributed by atoms with Crippen molar-refractivity contribution >= 4 is 58.1 Å². The number of amides is 2. The van der Waals surface area contributed by atoms with Gasteiger partial charge in [-0.25, -0.2) is 0 Å². The molecule has 2 unspecified atom stereocenters. The number of nitrogens with one attached hydrogen (secondary N) is 1. The number of ether oxygens (including phenoxy) is 3. The Labute approximate surface area is 419 Å². The fourth-order valence-electron chi connectivity index (χ4n) is 11.3. The first-order valence-electron chi connectivity index (χ1n) is 24.4. The number of nitrogens with zero attached hydrogens (tertiary/aromatic N) is 5. The van der Waals surface area contributed by atoms with Gasteiger partial charge in [-0.15, -0.1) is 5.10 Å². The van der Waals surface area contributed by atoms with Gasteiger partial charge in [0, 0.05) is 41.0 Å². The van der Waals surface area contributed by atoms with Crippen LogP contribution in [0.3, 0.4) is 0 Å². The highest BCUT2D eigenvalue weighted by Crippen LogP contribution is 2.60. The molecule has 0 radical (unpaired) electrons. The number of hydrogen-bond acceptors (Lipinski definition) is 10. The molecular formula is C55H63BrN6O7Si. The number of carbonyl (C=O) groups is 2. The number of fused-ring (bicyclic) bond motifs is 3. The summed E-state index contributed by atoms with van der Waals surface area (Å²) in [5.41, 5.74) is 5.35. The Morgan fingerprint density at radius 2 is 1.70 bits per heavy atom. The Bertz CT molecular complexity index is 2810. The second-order valence-corrected chi connectivity index (χ2v) is 24.9. The summed E-state index contributed by atoms with van der Waals surface area (Å²) < 4.78 is 21.6. The quantitative estimate of drug-likeness (QED) is 0.0534. The molecule has 1 spiro atoms. The number of methoxy groups -OCH3 is 1. The van der Waals surface area contributed by atoms with Gasteiger partial charge in [0.05, 0.1) is 70.1 Å². The van der Waals surface area contributed by atoms with E-state index in [0.29, 0.717) is 50.3 Å². The molecule has 3 N–H and O–H groups in total. The van der Waals surface area contributed by atoms with Crippen LogP contribution in [0.25, 0.3) is 0 Å². The third-order valence-electron chi connectivity index (χ3n) is 14.8. The minimum absolute atomic E-state index is 0.00363. The molecular weight excluding hydrogens is 965 g/mol. The zero-order chi connectivity index (χ0) is 49.2. The van der Waals surface area contributed by atoms with E-state index in [9.17, 15) is 15.0 Å². The molecule has 4 heterocycles. The lowest BCUT2D eigenvalue weighted by molar-refractivity contribution is -0.146. The summed E-state index contributed by atoms with van der Waals surface area (Å²) in [6.07, 6.45) is 4.08. The number of unbranched alkanes of at least 4 members (excludes halogenated alkanes) is 1. The van der Waals surface area contributed by atoms with Crippen LogP contribution in [0.15, 0.2) is 126 Å². The number of aliphatic hydroxyl groups is 2. The first kappa shape index (κ1) is 49.3. The molecule has 2 amide bonds. The number of halogens is 1. The average Bonchev–Trinajstić information content (AvgIpc) is 4.03. The third-order valence-corrected chi connectivity index (χ3v) is 19.6. The summed E-state index contributed by atoms with van der Waals surface area (Å²) in [4.78, 5) is 33.9. The van der Waals surface area contributed by atoms with Crippen LogP contribution in [-0.2, 0) is 39.4 Å². The van der Waals surface area contributed by atoms with Crippen molar-refractivity contribution in [3.05, 3.63) is 154 Å². The Hall–Kier alpha value is -5.68. The number of aliphatic hydroxyl groups excluding tert-OH is 2. The van der Waals surface area contributed by atoms with E-state index in [1.54, 1.807) is 12.0 Å². The zero-order valence-corrected chi connectivity index (χ0v) is 43.1. The molecule has 0 bridgehead atoms. The molecule has 366 valence electrons. The van der Waals surface area contributed by atoms with Gasteiger partial charge in [-0.3, -0.25) is 19.2 Å². The summed E-state index contributed by atoms with van der Waals surface area (Å²) in [6.45, 7) is 10.8. The molecule has 3 aliphatic heterocycles. The Balaban J connectivity index is 1.05. The smallest absolute Gasteiger partial charge is 0.264 e. The van der Waals surface area contributed by atoms with Crippen LogP contribution in [0, 0.1) is 5.92 Å². The monoisotopic (exact) mass is 1030 g/mol. The molecule has 0 aliphatic carbocycles. The summed E-state index contributed by atoms with van der Waals surface area (Å²) >= 11 is 3.77. The minimum Gasteiger partial charge on any atom is -0.497 e. The lowest BCUT2D eigenvalue weighted by Gasteiger charge is -2.37. The Kier molecular flexibility index (Phi) is 14.8. The molecule has 13 nitrogen and oxygen atoms in total. The lowest BCUT2D eigenvalue weighted by Crippen LogP contribution is -2.51. The van der Waals surface area contributed by atoms with Crippen LogP contribution in [0.1, 0.15) is 67.0 Å². The number of aryl methyl sites for hydroxylation is 1. The van der Waals surface area contributed by atoms with Gasteiger partial charge < -0.3 is 34.6 Å². The molecule has 1 saturated heterocycles. The van der Waals surface area contributed by atoms with Crippen LogP contribution >= 0.6 is 15.9 Å². The largest absolute Gasteiger partial charge is 0.497 e. The van der Waals surface area contributed by atoms with E-state index in [2.05, 4.69) is 69.8 Å². The van der Waals surface area contributed by atoms with Crippen LogP contribution in [0.5, 0.6) is 11.5 Å². The molecule has 6 atom stereocenters. The normalized spacial score (nSPS) is 21.3. The maximum Gasteiger partial charge on any atom is 0.264 e. The predicted molar refractivity (Wildman–Crippen MR) is 278 cm³/mol. The molecule has 1 fully saturated rings. The first-order valence-corrected chi connectivity index (χ1v) is 28.3. The standard InChI is InChI=1S/C55H63BrN6O7Si/c1-6-68-43-20-24-49-39(30-43)31-47(57-26-10-11-28-63)53(65)62(49)41-16-12-13-37(29-41)33-61-50-23-17-40(56)32-46(50)55(54(61)66)36(2)52(70(4,5)44-21-18-42(67-3)19-22-44)51(69-55)25-27-60-34-48(58-59-60)45(35-64)38-14-8-7-9-15-38/h7-9,12-24,29-30,32,34,36,45,47,51-52,57,63-64H,6,10-11,25-28,31,33,35H2,1-5H3/t36-,45?,47?,51+,52-,55+/m1/s1. The fourth-order valence-corrected chi connectivity index (χ4v) is 15.7. The number of carbonyl (C=O) groups excluding carboxylic acids is 2. The number of anilines is 3. The highest BCUT2D eigenvalue weighted by atomic mass is 79.9. The van der Waals surface area contributed by atoms with Crippen molar-refractivity contribution < 1.29 is 34.0 Å². The van der Waals surface area contributed by atoms with Crippen molar-refractivity contribution in [1.82, 2.24) is 20.3 Å². The van der Waals surface area contributed by atoms with E-state index in [1.807, 2.05) is 120 Å². The second kappa shape index (κ2) is 21.0. The predicted octanol–water partition coefficient (Wildman–Crippen LogP) is 8.38. The maximum absolute atomic E-state index is 15.8. The van der Waals surface area contributed by atoms with Gasteiger partial charge in [-0.1, -0.05) is 101 Å². The first-order chi connectivity index (χ1) is 33.9. The fraction of sp³-hybridized carbons (Fsp3) is 0.382. The molecule has 5 aromatic carbocycles. The van der Waals surface area contributed by atoms with Crippen molar-refractivity contribution in [2.24, 2.45) is 5.92 Å². The second-order valence-electron chi connectivity index (χ2n) is 19.3. The minimum atomic E-state index is -2.46. The molecule has 15 heteroatoms. The van der Waals surface area contributed by atoms with Gasteiger partial charge in [-0.05, 0) is 122 Å². The average molecular weight is 1030 g/mol. The molecule has 6 aromatic rings. The van der Waals surface area contributed by atoms with Crippen molar-refractivity contribution in [2.75, 3.05) is 43.3 Å². The summed E-state index contributed by atoms with van der Waals surface area (Å²) in [5, 5.41) is 33.6. The van der Waals surface area contributed by atoms with E-state index in [-0.39, 0.29) is 55.1 Å². The SMILES string of the molecule is CCOc1ccc2c(c1)CC(NCCCCO)C(=O)N2c1cccc(CN2C(=O)[C@@]3(O[C@@H](CCn4cc(C(CO)c5ccccc5)nn4)[C@H]([Si](C)(C)c4ccc(OC)cc4)[C@H]3C)c3cc(Br)ccc32)c1. The van der Waals surface area contributed by atoms with Gasteiger partial charge in [0.15, 0.2) is 5.60 Å². The van der Waals surface area contributed by atoms with Crippen LogP contribution in [-0.4, -0.2) is 90.7 Å². The van der Waals surface area contributed by atoms with Crippen molar-refractivity contribution in [3.8, 4) is 11.5 Å². The van der Waals surface area contributed by atoms with Crippen molar-refractivity contribution in [3.63, 3.8) is 0 Å². The Morgan fingerprint density at radius 3 is 2.44 bits per heavy atom. The van der Waals surface area contributed by atoms with Gasteiger partial charge in [0.2, 0.25) is 5.91 Å². The molecule has 9 rings (SSSR count). The van der Waals surface area contributed by atoms with Gasteiger partial charge >= 0.3 is 0 Å². The van der Waals surface area contributed by atoms with Crippen LogP contribution in [0.4, 0.5) is 17.1 Å². The summed E-state index contributed by atoms with van der Waals surface area (Å²) in [6, 6.07) is 37.6. The van der Waals surface area contributed by atoms with E-state index in [1.165, 1.54) is 5.19 Å². The van der Waals surface area contributed by atoms with E-state index in [4.69, 9.17) is 14.2 Å². The number of hydrogen-bond donors (Lipinski definition) is 3. The van der Waals surface area contributed by atoms with Gasteiger partial charge in [-0.2, -0.15) is 0 Å². The third kappa shape index (κ3) is 9.35. The van der Waals surface area contributed by atoms with E-state index in [0.717, 1.165) is 56.0 Å². The highest BCUT2D eigenvalue weighted by Gasteiger charge is 2.66. The van der Waals surface area contributed by atoms with E-state index >= 15 is 4.79 Å². The maximum atomic E-state index is 15.8. The van der Waals surface area contributed by atoms with Gasteiger partial charge in [0.25, 0.3) is 5.91 Å². The zero-order valence-electron chi connectivity index (χ0n) is 40.6. The van der Waals surface area contributed by atoms with Gasteiger partial charge in [0.1, 0.15) is 11.5 Å². The molecule has 70 heavy (non-hydrogen) atoms. The topological polar surface area (TPSA) is 152 Å². The highest BCUT2D eigenvalue weighted by molar-refractivity contribution is 9.10. The molecule has 3 aliphatic rings. The van der Waals surface area contributed by atoms with Crippen molar-refractivity contribution in [1.29, 1.82) is 0 Å². The lowest BCUT2D eigenvalue weighted by atomic mass is 9.82. The summed E-state index contributed by atoms with van der Waals surface area (Å²) in [7, 11) is -0.782. The Morgan fingerprint density at radius 1 is 0.929 bits per heavy atom. The summed E-state index contributed by atoms with van der Waals surface area (Å²) in [5.74, 6) is 0.824. The van der Waals surface area contributed by atoms with Crippen molar-refractivity contribution in [2.45, 2.75) is 94.9 Å². The van der Waals surface area contributed by atoms with E-state index < -0.39 is 19.7 Å². The molecule has 0 saturated carbocycles. The number of benzene rings is 5. The number of aromatic nitrogens is 3. The molecule has 1 aromatic heterocycles. The number of rotatable bonds is 19. The van der Waals surface area contributed by atoms with Crippen LogP contribution in [0.2, 0.25) is 18.6 Å².